The Morgan fingerprint density at radius 1 is 1.00 bits per heavy atom. The van der Waals surface area contributed by atoms with E-state index in [4.69, 9.17) is 0 Å². The molecule has 2 aliphatic carbocycles. The van der Waals surface area contributed by atoms with Crippen molar-refractivity contribution in [2.45, 2.75) is 56.7 Å². The summed E-state index contributed by atoms with van der Waals surface area (Å²) < 4.78 is 0. The molecule has 2 atom stereocenters. The van der Waals surface area contributed by atoms with Gasteiger partial charge in [0.2, 0.25) is 0 Å². The molecule has 1 aliphatic heterocycles. The monoisotopic (exact) mass is 216 g/mol. The molecule has 0 amide bonds. The molecule has 0 aromatic carbocycles. The molecular weight excluding hydrogens is 196 g/mol. The molecule has 2 nitrogen and oxygen atoms in total. The van der Waals surface area contributed by atoms with E-state index in [0.717, 1.165) is 0 Å². The van der Waals surface area contributed by atoms with E-state index >= 15 is 0 Å². The zero-order chi connectivity index (χ0) is 10.8. The molecule has 2 heteroatoms. The lowest BCUT2D eigenvalue weighted by atomic mass is 10.00. The quantitative estimate of drug-likeness (QED) is 0.677. The normalized spacial score (nSPS) is 36.2. The highest BCUT2D eigenvalue weighted by molar-refractivity contribution is 5.24. The van der Waals surface area contributed by atoms with Crippen LogP contribution in [-0.2, 0) is 0 Å². The second kappa shape index (κ2) is 4.72. The van der Waals surface area contributed by atoms with Crippen LogP contribution in [-0.4, -0.2) is 23.0 Å². The fourth-order valence-electron chi connectivity index (χ4n) is 3.09. The molecule has 2 radical (unpaired) electrons. The van der Waals surface area contributed by atoms with E-state index in [-0.39, 0.29) is 0 Å². The van der Waals surface area contributed by atoms with Crippen molar-refractivity contribution in [3.8, 4) is 0 Å². The van der Waals surface area contributed by atoms with Gasteiger partial charge in [-0.3, -0.25) is 10.2 Å². The molecule has 3 rings (SSSR count). The van der Waals surface area contributed by atoms with Crippen molar-refractivity contribution in [3.63, 3.8) is 0 Å². The number of nitrogens with one attached hydrogen (secondary N) is 1. The molecule has 0 aromatic heterocycles. The van der Waals surface area contributed by atoms with E-state index < -0.39 is 0 Å². The Labute approximate surface area is 98.4 Å². The van der Waals surface area contributed by atoms with Crippen molar-refractivity contribution in [3.05, 3.63) is 31.0 Å². The smallest absolute Gasteiger partial charge is 0.144 e. The maximum absolute atomic E-state index is 3.38. The van der Waals surface area contributed by atoms with E-state index in [1.807, 2.05) is 0 Å². The zero-order valence-electron chi connectivity index (χ0n) is 9.73. The highest BCUT2D eigenvalue weighted by Gasteiger charge is 2.36. The van der Waals surface area contributed by atoms with E-state index in [1.165, 1.54) is 38.5 Å². The maximum Gasteiger partial charge on any atom is 0.144 e. The SMILES string of the molecule is [C]1NC2C=CC=CC2N1C1CCCCCC1. The number of rotatable bonds is 1. The van der Waals surface area contributed by atoms with Gasteiger partial charge in [-0.2, -0.15) is 0 Å². The summed E-state index contributed by atoms with van der Waals surface area (Å²) in [6.45, 7) is 3.38. The van der Waals surface area contributed by atoms with Crippen LogP contribution in [0, 0.1) is 6.67 Å². The lowest BCUT2D eigenvalue weighted by Gasteiger charge is -2.31. The molecule has 0 aromatic rings. The van der Waals surface area contributed by atoms with Crippen LogP contribution < -0.4 is 5.32 Å². The molecule has 1 saturated heterocycles. The molecule has 2 unspecified atom stereocenters. The van der Waals surface area contributed by atoms with E-state index in [1.54, 1.807) is 0 Å². The summed E-state index contributed by atoms with van der Waals surface area (Å²) in [6, 6.07) is 1.67. The Kier molecular flexibility index (Phi) is 3.11. The fourth-order valence-corrected chi connectivity index (χ4v) is 3.09. The molecular formula is C14H20N2. The van der Waals surface area contributed by atoms with Gasteiger partial charge in [-0.1, -0.05) is 50.0 Å². The van der Waals surface area contributed by atoms with Gasteiger partial charge in [-0.05, 0) is 12.8 Å². The van der Waals surface area contributed by atoms with Gasteiger partial charge in [0.25, 0.3) is 0 Å². The van der Waals surface area contributed by atoms with Gasteiger partial charge in [-0.15, -0.1) is 0 Å². The van der Waals surface area contributed by atoms with Crippen molar-refractivity contribution in [2.24, 2.45) is 0 Å². The van der Waals surface area contributed by atoms with Gasteiger partial charge in [0.15, 0.2) is 0 Å². The Bertz CT molecular complexity index is 287. The van der Waals surface area contributed by atoms with Gasteiger partial charge >= 0.3 is 0 Å². The van der Waals surface area contributed by atoms with E-state index in [0.29, 0.717) is 18.1 Å². The largest absolute Gasteiger partial charge is 0.285 e. The van der Waals surface area contributed by atoms with E-state index in [9.17, 15) is 0 Å². The van der Waals surface area contributed by atoms with E-state index in [2.05, 4.69) is 41.2 Å². The van der Waals surface area contributed by atoms with Crippen LogP contribution in [0.5, 0.6) is 0 Å². The highest BCUT2D eigenvalue weighted by atomic mass is 15.3. The second-order valence-electron chi connectivity index (χ2n) is 5.09. The van der Waals surface area contributed by atoms with Gasteiger partial charge in [0, 0.05) is 18.1 Å². The van der Waals surface area contributed by atoms with Gasteiger partial charge in [0.1, 0.15) is 6.67 Å². The number of hydrogen-bond acceptors (Lipinski definition) is 2. The molecule has 1 N–H and O–H groups in total. The molecule has 3 aliphatic rings. The van der Waals surface area contributed by atoms with Crippen LogP contribution >= 0.6 is 0 Å². The third-order valence-electron chi connectivity index (χ3n) is 4.01. The molecule has 1 saturated carbocycles. The van der Waals surface area contributed by atoms with Gasteiger partial charge < -0.3 is 0 Å². The predicted octanol–water partition coefficient (Wildman–Crippen LogP) is 2.47. The predicted molar refractivity (Wildman–Crippen MR) is 65.6 cm³/mol. The van der Waals surface area contributed by atoms with Crippen LogP contribution in [0.25, 0.3) is 0 Å². The summed E-state index contributed by atoms with van der Waals surface area (Å²) >= 11 is 0. The number of allylic oxidation sites excluding steroid dienone is 2. The summed E-state index contributed by atoms with van der Waals surface area (Å²) in [4.78, 5) is 2.44. The standard InChI is InChI=1S/C14H20N2/c1-2-4-8-12(7-3-1)16-11-15-13-9-5-6-10-14(13)16/h5-6,9-10,12-15H,1-4,7-8H2. The molecule has 0 bridgehead atoms. The lowest BCUT2D eigenvalue weighted by Crippen LogP contribution is -2.40. The number of fused-ring (bicyclic) bond motifs is 1. The molecule has 16 heavy (non-hydrogen) atoms. The first-order chi connectivity index (χ1) is 7.95. The summed E-state index contributed by atoms with van der Waals surface area (Å²) in [6.07, 6.45) is 17.1. The third-order valence-corrected chi connectivity index (χ3v) is 4.01. The van der Waals surface area contributed by atoms with Crippen molar-refractivity contribution < 1.29 is 0 Å². The average molecular weight is 216 g/mol. The molecule has 2 fully saturated rings. The minimum Gasteiger partial charge on any atom is -0.285 e. The first-order valence-electron chi connectivity index (χ1n) is 6.60. The van der Waals surface area contributed by atoms with Gasteiger partial charge in [-0.25, -0.2) is 0 Å². The Morgan fingerprint density at radius 2 is 1.75 bits per heavy atom. The first kappa shape index (κ1) is 10.5. The Morgan fingerprint density at radius 3 is 2.56 bits per heavy atom. The summed E-state index contributed by atoms with van der Waals surface area (Å²) in [5, 5.41) is 3.36. The van der Waals surface area contributed by atoms with Crippen LogP contribution in [0.4, 0.5) is 0 Å². The Balaban J connectivity index is 1.70. The third kappa shape index (κ3) is 1.96. The van der Waals surface area contributed by atoms with Crippen molar-refractivity contribution in [2.75, 3.05) is 0 Å². The average Bonchev–Trinajstić information content (AvgIpc) is 2.57. The van der Waals surface area contributed by atoms with Crippen molar-refractivity contribution in [1.82, 2.24) is 10.2 Å². The zero-order valence-corrected chi connectivity index (χ0v) is 9.73. The fraction of sp³-hybridized carbons (Fsp3) is 0.643. The second-order valence-corrected chi connectivity index (χ2v) is 5.09. The van der Waals surface area contributed by atoms with Crippen LogP contribution in [0.3, 0.4) is 0 Å². The van der Waals surface area contributed by atoms with Crippen LogP contribution in [0.1, 0.15) is 38.5 Å². The van der Waals surface area contributed by atoms with Gasteiger partial charge in [0.05, 0.1) is 0 Å². The maximum atomic E-state index is 3.38. The van der Waals surface area contributed by atoms with Crippen LogP contribution in [0.15, 0.2) is 24.3 Å². The summed E-state index contributed by atoms with van der Waals surface area (Å²) in [7, 11) is 0. The minimum absolute atomic E-state index is 0.452. The topological polar surface area (TPSA) is 15.3 Å². The van der Waals surface area contributed by atoms with Crippen molar-refractivity contribution >= 4 is 0 Å². The number of hydrogen-bond donors (Lipinski definition) is 1. The molecule has 86 valence electrons. The Hall–Kier alpha value is -0.600. The lowest BCUT2D eigenvalue weighted by molar-refractivity contribution is 0.215. The molecule has 1 heterocycles. The first-order valence-corrected chi connectivity index (χ1v) is 6.60. The minimum atomic E-state index is 0.452. The number of nitrogens with zero attached hydrogens (tertiary/aromatic N) is 1. The highest BCUT2D eigenvalue weighted by Crippen LogP contribution is 2.29. The van der Waals surface area contributed by atoms with Crippen molar-refractivity contribution in [1.29, 1.82) is 0 Å². The van der Waals surface area contributed by atoms with Crippen LogP contribution in [0.2, 0.25) is 0 Å². The summed E-state index contributed by atoms with van der Waals surface area (Å²) in [5.74, 6) is 0. The molecule has 0 spiro atoms. The summed E-state index contributed by atoms with van der Waals surface area (Å²) in [5.41, 5.74) is 0.